The molecule has 0 aliphatic carbocycles. The van der Waals surface area contributed by atoms with E-state index in [1.54, 1.807) is 4.52 Å². The maximum Gasteiger partial charge on any atom is 0.280 e. The minimum absolute atomic E-state index is 0. The van der Waals surface area contributed by atoms with Gasteiger partial charge in [-0.1, -0.05) is 19.8 Å². The smallest absolute Gasteiger partial charge is 0.280 e. The van der Waals surface area contributed by atoms with E-state index in [0.29, 0.717) is 5.92 Å². The average molecular weight is 346 g/mol. The number of fused-ring (bicyclic) bond motifs is 1. The number of unbranched alkanes of at least 4 members (excludes halogenated alkanes) is 1. The van der Waals surface area contributed by atoms with Gasteiger partial charge in [0.15, 0.2) is 0 Å². The van der Waals surface area contributed by atoms with Crippen LogP contribution >= 0.6 is 12.4 Å². The molecule has 3 rings (SSSR count). The molecule has 1 aliphatic heterocycles. The van der Waals surface area contributed by atoms with Crippen LogP contribution in [0.15, 0.2) is 12.4 Å². The zero-order valence-corrected chi connectivity index (χ0v) is 13.9. The number of piperidine rings is 1. The van der Waals surface area contributed by atoms with Crippen molar-refractivity contribution >= 4 is 18.2 Å². The van der Waals surface area contributed by atoms with E-state index >= 15 is 0 Å². The molecule has 1 fully saturated rings. The molecule has 2 atom stereocenters. The second-order valence-electron chi connectivity index (χ2n) is 5.88. The van der Waals surface area contributed by atoms with Gasteiger partial charge >= 0.3 is 0 Å². The van der Waals surface area contributed by atoms with Crippen molar-refractivity contribution in [1.29, 1.82) is 0 Å². The highest BCUT2D eigenvalue weighted by Crippen LogP contribution is 2.34. The molecule has 8 heteroatoms. The molecule has 2 aromatic heterocycles. The van der Waals surface area contributed by atoms with E-state index in [9.17, 15) is 8.78 Å². The largest absolute Gasteiger partial charge is 0.316 e. The van der Waals surface area contributed by atoms with Gasteiger partial charge in [0.25, 0.3) is 12.2 Å². The highest BCUT2D eigenvalue weighted by Gasteiger charge is 2.29. The predicted molar refractivity (Wildman–Crippen MR) is 86.2 cm³/mol. The number of aromatic nitrogens is 4. The molecule has 0 saturated carbocycles. The lowest BCUT2D eigenvalue weighted by molar-refractivity contribution is 0.145. The second kappa shape index (κ2) is 7.97. The van der Waals surface area contributed by atoms with E-state index in [2.05, 4.69) is 27.3 Å². The van der Waals surface area contributed by atoms with Crippen LogP contribution in [0.3, 0.4) is 0 Å². The summed E-state index contributed by atoms with van der Waals surface area (Å²) in [5.74, 6) is 0.916. The molecule has 0 aromatic carbocycles. The van der Waals surface area contributed by atoms with Crippen LogP contribution in [0.1, 0.15) is 56.3 Å². The molecule has 1 aliphatic rings. The second-order valence-corrected chi connectivity index (χ2v) is 5.88. The Morgan fingerprint density at radius 2 is 2.26 bits per heavy atom. The number of hydrogen-bond donors (Lipinski definition) is 1. The molecule has 0 amide bonds. The maximum atomic E-state index is 13.1. The third kappa shape index (κ3) is 3.77. The minimum Gasteiger partial charge on any atom is -0.316 e. The molecule has 1 saturated heterocycles. The summed E-state index contributed by atoms with van der Waals surface area (Å²) < 4.78 is 27.8. The topological polar surface area (TPSA) is 55.1 Å². The third-order valence-electron chi connectivity index (χ3n) is 4.46. The summed E-state index contributed by atoms with van der Waals surface area (Å²) in [6.07, 6.45) is 3.27. The van der Waals surface area contributed by atoms with E-state index in [1.165, 1.54) is 12.4 Å². The number of rotatable bonds is 5. The SMILES string of the molecule is CCCC[C@@H]1CCNC[C@H]1c1cc(C(F)F)nc2ncnn12.Cl. The summed E-state index contributed by atoms with van der Waals surface area (Å²) in [6.45, 7) is 3.95. The first-order valence-electron chi connectivity index (χ1n) is 7.90. The van der Waals surface area contributed by atoms with Crippen LogP contribution in [-0.4, -0.2) is 32.7 Å². The van der Waals surface area contributed by atoms with E-state index in [-0.39, 0.29) is 29.8 Å². The molecule has 0 radical (unpaired) electrons. The van der Waals surface area contributed by atoms with Gasteiger partial charge in [0.05, 0.1) is 5.69 Å². The number of halogens is 3. The van der Waals surface area contributed by atoms with Gasteiger partial charge in [0.1, 0.15) is 12.0 Å². The monoisotopic (exact) mass is 345 g/mol. The lowest BCUT2D eigenvalue weighted by Crippen LogP contribution is -2.36. The summed E-state index contributed by atoms with van der Waals surface area (Å²) >= 11 is 0. The van der Waals surface area contributed by atoms with Gasteiger partial charge in [-0.3, -0.25) is 0 Å². The number of nitrogens with one attached hydrogen (secondary N) is 1. The predicted octanol–water partition coefficient (Wildman–Crippen LogP) is 3.37. The highest BCUT2D eigenvalue weighted by molar-refractivity contribution is 5.85. The van der Waals surface area contributed by atoms with E-state index < -0.39 is 6.43 Å². The van der Waals surface area contributed by atoms with E-state index in [4.69, 9.17) is 0 Å². The Balaban J connectivity index is 0.00000192. The lowest BCUT2D eigenvalue weighted by atomic mass is 9.80. The van der Waals surface area contributed by atoms with Crippen LogP contribution in [0.4, 0.5) is 8.78 Å². The Hall–Kier alpha value is -1.34. The van der Waals surface area contributed by atoms with Crippen molar-refractivity contribution < 1.29 is 8.78 Å². The quantitative estimate of drug-likeness (QED) is 0.902. The van der Waals surface area contributed by atoms with Gasteiger partial charge in [0, 0.05) is 12.5 Å². The molecule has 2 aromatic rings. The van der Waals surface area contributed by atoms with Crippen molar-refractivity contribution in [2.45, 2.75) is 45.0 Å². The third-order valence-corrected chi connectivity index (χ3v) is 4.46. The van der Waals surface area contributed by atoms with Crippen molar-refractivity contribution in [3.63, 3.8) is 0 Å². The van der Waals surface area contributed by atoms with Crippen molar-refractivity contribution in [3.8, 4) is 0 Å². The van der Waals surface area contributed by atoms with Gasteiger partial charge in [-0.15, -0.1) is 12.4 Å². The lowest BCUT2D eigenvalue weighted by Gasteiger charge is -2.32. The molecule has 3 heterocycles. The fourth-order valence-corrected chi connectivity index (χ4v) is 3.30. The molecule has 0 spiro atoms. The summed E-state index contributed by atoms with van der Waals surface area (Å²) in [5, 5.41) is 7.56. The Morgan fingerprint density at radius 3 is 3.00 bits per heavy atom. The van der Waals surface area contributed by atoms with Crippen LogP contribution in [0, 0.1) is 5.92 Å². The van der Waals surface area contributed by atoms with E-state index in [1.807, 2.05) is 0 Å². The normalized spacial score (nSPS) is 21.6. The van der Waals surface area contributed by atoms with E-state index in [0.717, 1.165) is 44.5 Å². The van der Waals surface area contributed by atoms with Crippen molar-refractivity contribution in [2.75, 3.05) is 13.1 Å². The molecule has 0 bridgehead atoms. The summed E-state index contributed by atoms with van der Waals surface area (Å²) in [6, 6.07) is 1.50. The first-order chi connectivity index (χ1) is 10.7. The zero-order chi connectivity index (χ0) is 15.5. The molecule has 128 valence electrons. The molecule has 23 heavy (non-hydrogen) atoms. The van der Waals surface area contributed by atoms with Crippen molar-refractivity contribution in [1.82, 2.24) is 24.9 Å². The molecule has 1 N–H and O–H groups in total. The Kier molecular flexibility index (Phi) is 6.24. The van der Waals surface area contributed by atoms with Crippen LogP contribution in [0.2, 0.25) is 0 Å². The average Bonchev–Trinajstić information content (AvgIpc) is 3.00. The number of hydrogen-bond acceptors (Lipinski definition) is 4. The van der Waals surface area contributed by atoms with Gasteiger partial charge < -0.3 is 5.32 Å². The molecular weight excluding hydrogens is 324 g/mol. The van der Waals surface area contributed by atoms with Crippen LogP contribution in [0.5, 0.6) is 0 Å². The summed E-state index contributed by atoms with van der Waals surface area (Å²) in [7, 11) is 0. The fraction of sp³-hybridized carbons (Fsp3) is 0.667. The highest BCUT2D eigenvalue weighted by atomic mass is 35.5. The van der Waals surface area contributed by atoms with Gasteiger partial charge in [-0.2, -0.15) is 10.1 Å². The van der Waals surface area contributed by atoms with Crippen molar-refractivity contribution in [3.05, 3.63) is 23.8 Å². The minimum atomic E-state index is -2.59. The van der Waals surface area contributed by atoms with Gasteiger partial charge in [-0.25, -0.2) is 18.3 Å². The number of nitrogens with zero attached hydrogens (tertiary/aromatic N) is 4. The van der Waals surface area contributed by atoms with Crippen LogP contribution in [0.25, 0.3) is 5.78 Å². The molecule has 0 unspecified atom stereocenters. The van der Waals surface area contributed by atoms with Crippen molar-refractivity contribution in [2.24, 2.45) is 5.92 Å². The zero-order valence-electron chi connectivity index (χ0n) is 13.1. The Morgan fingerprint density at radius 1 is 1.43 bits per heavy atom. The van der Waals surface area contributed by atoms with Crippen LogP contribution < -0.4 is 5.32 Å². The summed E-state index contributed by atoms with van der Waals surface area (Å²) in [5.41, 5.74) is 0.585. The summed E-state index contributed by atoms with van der Waals surface area (Å²) in [4.78, 5) is 7.89. The Labute approximate surface area is 140 Å². The standard InChI is InChI=1S/C15H21F2N5.ClH/c1-2-3-4-10-5-6-18-8-11(10)13-7-12(14(16)17)21-15-19-9-20-22(13)15;/h7,9-11,14,18H,2-6,8H2,1H3;1H/t10-,11-;/m1./s1. The number of alkyl halides is 2. The van der Waals surface area contributed by atoms with Gasteiger partial charge in [0.2, 0.25) is 0 Å². The molecule has 5 nitrogen and oxygen atoms in total. The van der Waals surface area contributed by atoms with Crippen LogP contribution in [-0.2, 0) is 0 Å². The maximum absolute atomic E-state index is 13.1. The fourth-order valence-electron chi connectivity index (χ4n) is 3.30. The first kappa shape index (κ1) is 18.0. The Bertz CT molecular complexity index is 633. The molecular formula is C15H22ClF2N5. The van der Waals surface area contributed by atoms with Gasteiger partial charge in [-0.05, 0) is 31.4 Å². The first-order valence-corrected chi connectivity index (χ1v) is 7.90.